The van der Waals surface area contributed by atoms with Crippen molar-refractivity contribution < 1.29 is 14.6 Å². The maximum Gasteiger partial charge on any atom is 0.337 e. The quantitative estimate of drug-likeness (QED) is 0.813. The molecule has 0 aromatic heterocycles. The number of aromatic carboxylic acids is 1. The van der Waals surface area contributed by atoms with Gasteiger partial charge in [-0.15, -0.1) is 0 Å². The van der Waals surface area contributed by atoms with E-state index in [2.05, 4.69) is 4.90 Å². The minimum absolute atomic E-state index is 0.171. The lowest BCUT2D eigenvalue weighted by molar-refractivity contribution is 0.0459. The van der Waals surface area contributed by atoms with Crippen molar-refractivity contribution in [3.63, 3.8) is 0 Å². The molecule has 1 heterocycles. The third kappa shape index (κ3) is 2.98. The lowest BCUT2D eigenvalue weighted by Crippen LogP contribution is -2.37. The van der Waals surface area contributed by atoms with Gasteiger partial charge in [0.2, 0.25) is 0 Å². The number of carbonyl (C=O) groups is 1. The fraction of sp³-hybridized carbons (Fsp3) is 0.500. The standard InChI is InChI=1S/C14H20N2O3/c1-2-19-10-6-8-16(9-7-10)12-5-3-4-11(13(12)15)14(17)18/h3-5,10H,2,6-9,15H2,1H3,(H,17,18). The molecule has 5 heteroatoms. The van der Waals surface area contributed by atoms with Crippen LogP contribution in [0.4, 0.5) is 11.4 Å². The second kappa shape index (κ2) is 5.93. The monoisotopic (exact) mass is 264 g/mol. The fourth-order valence-corrected chi connectivity index (χ4v) is 2.51. The third-order valence-corrected chi connectivity index (χ3v) is 3.50. The molecule has 1 aliphatic rings. The van der Waals surface area contributed by atoms with E-state index in [9.17, 15) is 4.79 Å². The predicted octanol–water partition coefficient (Wildman–Crippen LogP) is 1.97. The van der Waals surface area contributed by atoms with Gasteiger partial charge in [-0.25, -0.2) is 4.79 Å². The summed E-state index contributed by atoms with van der Waals surface area (Å²) in [6.45, 7) is 4.43. The maximum atomic E-state index is 11.1. The van der Waals surface area contributed by atoms with Gasteiger partial charge in [-0.3, -0.25) is 0 Å². The van der Waals surface area contributed by atoms with Gasteiger partial charge < -0.3 is 20.5 Å². The van der Waals surface area contributed by atoms with Crippen LogP contribution in [0.2, 0.25) is 0 Å². The van der Waals surface area contributed by atoms with Gasteiger partial charge in [-0.1, -0.05) is 6.07 Å². The summed E-state index contributed by atoms with van der Waals surface area (Å²) < 4.78 is 5.61. The van der Waals surface area contributed by atoms with Gasteiger partial charge in [0.15, 0.2) is 0 Å². The first-order valence-electron chi connectivity index (χ1n) is 6.61. The fourth-order valence-electron chi connectivity index (χ4n) is 2.51. The van der Waals surface area contributed by atoms with Crippen LogP contribution in [0.1, 0.15) is 30.1 Å². The van der Waals surface area contributed by atoms with Crippen LogP contribution in [-0.2, 0) is 4.74 Å². The van der Waals surface area contributed by atoms with Crippen molar-refractivity contribution in [2.75, 3.05) is 30.3 Å². The molecule has 0 bridgehead atoms. The number of piperidine rings is 1. The number of para-hydroxylation sites is 1. The summed E-state index contributed by atoms with van der Waals surface area (Å²) in [5.74, 6) is -0.983. The summed E-state index contributed by atoms with van der Waals surface area (Å²) in [6.07, 6.45) is 2.21. The molecular weight excluding hydrogens is 244 g/mol. The summed E-state index contributed by atoms with van der Waals surface area (Å²) >= 11 is 0. The lowest BCUT2D eigenvalue weighted by Gasteiger charge is -2.34. The van der Waals surface area contributed by atoms with Crippen LogP contribution in [0.15, 0.2) is 18.2 Å². The number of ether oxygens (including phenoxy) is 1. The number of nitrogens with zero attached hydrogens (tertiary/aromatic N) is 1. The number of benzene rings is 1. The molecule has 1 aliphatic heterocycles. The number of carboxylic acid groups (broad SMARTS) is 1. The number of nitrogens with two attached hydrogens (primary N) is 1. The highest BCUT2D eigenvalue weighted by atomic mass is 16.5. The molecule has 3 N–H and O–H groups in total. The molecule has 0 radical (unpaired) electrons. The first-order chi connectivity index (χ1) is 9.13. The minimum Gasteiger partial charge on any atom is -0.478 e. The Balaban J connectivity index is 2.11. The molecule has 0 atom stereocenters. The largest absolute Gasteiger partial charge is 0.478 e. The van der Waals surface area contributed by atoms with Crippen LogP contribution < -0.4 is 10.6 Å². The zero-order valence-corrected chi connectivity index (χ0v) is 11.1. The van der Waals surface area contributed by atoms with E-state index < -0.39 is 5.97 Å². The van der Waals surface area contributed by atoms with Gasteiger partial charge in [0.05, 0.1) is 23.0 Å². The molecule has 2 rings (SSSR count). The highest BCUT2D eigenvalue weighted by Gasteiger charge is 2.22. The van der Waals surface area contributed by atoms with Gasteiger partial charge in [-0.2, -0.15) is 0 Å². The Kier molecular flexibility index (Phi) is 4.27. The zero-order chi connectivity index (χ0) is 13.8. The number of hydrogen-bond acceptors (Lipinski definition) is 4. The molecule has 1 saturated heterocycles. The molecule has 0 amide bonds. The van der Waals surface area contributed by atoms with E-state index in [0.29, 0.717) is 11.8 Å². The van der Waals surface area contributed by atoms with E-state index in [1.165, 1.54) is 6.07 Å². The van der Waals surface area contributed by atoms with E-state index in [0.717, 1.165) is 38.2 Å². The average Bonchev–Trinajstić information content (AvgIpc) is 2.40. The second-order valence-electron chi connectivity index (χ2n) is 4.69. The lowest BCUT2D eigenvalue weighted by atomic mass is 10.0. The molecular formula is C14H20N2O3. The van der Waals surface area contributed by atoms with E-state index >= 15 is 0 Å². The van der Waals surface area contributed by atoms with Crippen molar-refractivity contribution in [3.8, 4) is 0 Å². The van der Waals surface area contributed by atoms with Crippen molar-refractivity contribution in [3.05, 3.63) is 23.8 Å². The first kappa shape index (κ1) is 13.7. The minimum atomic E-state index is -0.983. The van der Waals surface area contributed by atoms with Crippen LogP contribution in [0.5, 0.6) is 0 Å². The van der Waals surface area contributed by atoms with E-state index in [1.807, 2.05) is 13.0 Å². The van der Waals surface area contributed by atoms with E-state index in [1.54, 1.807) is 6.07 Å². The number of rotatable bonds is 4. The van der Waals surface area contributed by atoms with Crippen molar-refractivity contribution in [1.29, 1.82) is 0 Å². The number of carboxylic acids is 1. The van der Waals surface area contributed by atoms with Gasteiger partial charge in [0.25, 0.3) is 0 Å². The van der Waals surface area contributed by atoms with E-state index in [-0.39, 0.29) is 5.56 Å². The van der Waals surface area contributed by atoms with Gasteiger partial charge in [0.1, 0.15) is 0 Å². The van der Waals surface area contributed by atoms with Crippen LogP contribution in [0.25, 0.3) is 0 Å². The number of anilines is 2. The molecule has 5 nitrogen and oxygen atoms in total. The maximum absolute atomic E-state index is 11.1. The van der Waals surface area contributed by atoms with Crippen LogP contribution >= 0.6 is 0 Å². The second-order valence-corrected chi connectivity index (χ2v) is 4.69. The third-order valence-electron chi connectivity index (χ3n) is 3.50. The molecule has 0 unspecified atom stereocenters. The van der Waals surface area contributed by atoms with Gasteiger partial charge in [-0.05, 0) is 31.9 Å². The van der Waals surface area contributed by atoms with Crippen molar-refractivity contribution in [2.24, 2.45) is 0 Å². The predicted molar refractivity (Wildman–Crippen MR) is 74.7 cm³/mol. The summed E-state index contributed by atoms with van der Waals surface area (Å²) in [5.41, 5.74) is 7.29. The Morgan fingerprint density at radius 1 is 1.47 bits per heavy atom. The summed E-state index contributed by atoms with van der Waals surface area (Å²) in [4.78, 5) is 13.2. The van der Waals surface area contributed by atoms with Crippen molar-refractivity contribution in [2.45, 2.75) is 25.9 Å². The molecule has 0 aliphatic carbocycles. The summed E-state index contributed by atoms with van der Waals surface area (Å²) in [6, 6.07) is 5.15. The summed E-state index contributed by atoms with van der Waals surface area (Å²) in [5, 5.41) is 9.08. The smallest absolute Gasteiger partial charge is 0.337 e. The van der Waals surface area contributed by atoms with Crippen molar-refractivity contribution >= 4 is 17.3 Å². The SMILES string of the molecule is CCOC1CCN(c2cccc(C(=O)O)c2N)CC1. The molecule has 1 fully saturated rings. The molecule has 19 heavy (non-hydrogen) atoms. The van der Waals surface area contributed by atoms with Crippen LogP contribution in [0, 0.1) is 0 Å². The molecule has 1 aromatic rings. The van der Waals surface area contributed by atoms with Gasteiger partial charge in [0, 0.05) is 19.7 Å². The highest BCUT2D eigenvalue weighted by molar-refractivity contribution is 5.97. The normalized spacial score (nSPS) is 16.6. The molecule has 104 valence electrons. The first-order valence-corrected chi connectivity index (χ1v) is 6.61. The Bertz CT molecular complexity index is 454. The Labute approximate surface area is 113 Å². The van der Waals surface area contributed by atoms with Gasteiger partial charge >= 0.3 is 5.97 Å². The Hall–Kier alpha value is -1.75. The van der Waals surface area contributed by atoms with Crippen LogP contribution in [-0.4, -0.2) is 36.9 Å². The zero-order valence-electron chi connectivity index (χ0n) is 11.1. The summed E-state index contributed by atoms with van der Waals surface area (Å²) in [7, 11) is 0. The highest BCUT2D eigenvalue weighted by Crippen LogP contribution is 2.29. The number of nitrogen functional groups attached to an aromatic ring is 1. The molecule has 0 spiro atoms. The molecule has 1 aromatic carbocycles. The van der Waals surface area contributed by atoms with Crippen LogP contribution in [0.3, 0.4) is 0 Å². The average molecular weight is 264 g/mol. The molecule has 0 saturated carbocycles. The number of hydrogen-bond donors (Lipinski definition) is 2. The van der Waals surface area contributed by atoms with E-state index in [4.69, 9.17) is 15.6 Å². The Morgan fingerprint density at radius 2 is 2.16 bits per heavy atom. The topological polar surface area (TPSA) is 75.8 Å². The van der Waals surface area contributed by atoms with Crippen molar-refractivity contribution in [1.82, 2.24) is 0 Å². The Morgan fingerprint density at radius 3 is 2.74 bits per heavy atom.